The number of hydrogen-bond acceptors (Lipinski definition) is 5. The predicted molar refractivity (Wildman–Crippen MR) is 107 cm³/mol. The third-order valence-electron chi connectivity index (χ3n) is 4.98. The van der Waals surface area contributed by atoms with Crippen molar-refractivity contribution in [3.05, 3.63) is 24.3 Å². The SMILES string of the molecule is CCN(CC)C(=O)CN1CCN(CCC(=O)Nc2ccccc2OC)CC1. The molecule has 0 unspecified atom stereocenters. The summed E-state index contributed by atoms with van der Waals surface area (Å²) in [6, 6.07) is 7.41. The lowest BCUT2D eigenvalue weighted by molar-refractivity contribution is -0.132. The van der Waals surface area contributed by atoms with E-state index in [2.05, 4.69) is 15.1 Å². The average molecular weight is 377 g/mol. The molecule has 1 aromatic carbocycles. The Bertz CT molecular complexity index is 611. The first kappa shape index (κ1) is 21.2. The molecule has 150 valence electrons. The van der Waals surface area contributed by atoms with Gasteiger partial charge in [0.05, 0.1) is 19.3 Å². The second kappa shape index (κ2) is 10.9. The van der Waals surface area contributed by atoms with Crippen LogP contribution >= 0.6 is 0 Å². The first-order valence-electron chi connectivity index (χ1n) is 9.72. The van der Waals surface area contributed by atoms with E-state index in [-0.39, 0.29) is 11.8 Å². The molecule has 0 aliphatic carbocycles. The number of benzene rings is 1. The van der Waals surface area contributed by atoms with E-state index in [1.807, 2.05) is 43.0 Å². The molecule has 0 radical (unpaired) electrons. The van der Waals surface area contributed by atoms with Gasteiger partial charge in [0.2, 0.25) is 11.8 Å². The van der Waals surface area contributed by atoms with Crippen LogP contribution in [0.4, 0.5) is 5.69 Å². The Kier molecular flexibility index (Phi) is 8.54. The largest absolute Gasteiger partial charge is 0.495 e. The lowest BCUT2D eigenvalue weighted by Gasteiger charge is -2.35. The molecular formula is C20H32N4O3. The van der Waals surface area contributed by atoms with E-state index in [1.165, 1.54) is 0 Å². The molecule has 1 aliphatic rings. The van der Waals surface area contributed by atoms with Gasteiger partial charge in [-0.3, -0.25) is 14.5 Å². The summed E-state index contributed by atoms with van der Waals surface area (Å²) in [5.41, 5.74) is 0.699. The highest BCUT2D eigenvalue weighted by Crippen LogP contribution is 2.23. The molecule has 0 saturated carbocycles. The number of para-hydroxylation sites is 2. The Balaban J connectivity index is 1.70. The van der Waals surface area contributed by atoms with Gasteiger partial charge in [-0.2, -0.15) is 0 Å². The summed E-state index contributed by atoms with van der Waals surface area (Å²) in [5, 5.41) is 2.91. The molecule has 0 atom stereocenters. The molecule has 0 spiro atoms. The summed E-state index contributed by atoms with van der Waals surface area (Å²) >= 11 is 0. The number of ether oxygens (including phenoxy) is 1. The van der Waals surface area contributed by atoms with Crippen molar-refractivity contribution in [1.82, 2.24) is 14.7 Å². The molecule has 0 bridgehead atoms. The van der Waals surface area contributed by atoms with Crippen molar-refractivity contribution in [3.63, 3.8) is 0 Å². The van der Waals surface area contributed by atoms with E-state index in [4.69, 9.17) is 4.74 Å². The number of piperazine rings is 1. The van der Waals surface area contributed by atoms with Crippen LogP contribution in [0, 0.1) is 0 Å². The van der Waals surface area contributed by atoms with Crippen LogP contribution in [0.25, 0.3) is 0 Å². The lowest BCUT2D eigenvalue weighted by Crippen LogP contribution is -2.50. The summed E-state index contributed by atoms with van der Waals surface area (Å²) in [6.45, 7) is 10.2. The van der Waals surface area contributed by atoms with Gasteiger partial charge < -0.3 is 19.9 Å². The third kappa shape index (κ3) is 6.52. The van der Waals surface area contributed by atoms with E-state index in [9.17, 15) is 9.59 Å². The summed E-state index contributed by atoms with van der Waals surface area (Å²) in [6.07, 6.45) is 0.441. The normalized spacial score (nSPS) is 15.4. The van der Waals surface area contributed by atoms with Crippen LogP contribution < -0.4 is 10.1 Å². The van der Waals surface area contributed by atoms with Crippen molar-refractivity contribution in [3.8, 4) is 5.75 Å². The van der Waals surface area contributed by atoms with Gasteiger partial charge in [-0.1, -0.05) is 12.1 Å². The van der Waals surface area contributed by atoms with Gasteiger partial charge in [0.25, 0.3) is 0 Å². The van der Waals surface area contributed by atoms with Crippen LogP contribution in [0.1, 0.15) is 20.3 Å². The number of methoxy groups -OCH3 is 1. The maximum Gasteiger partial charge on any atom is 0.236 e. The van der Waals surface area contributed by atoms with Crippen LogP contribution in [0.2, 0.25) is 0 Å². The van der Waals surface area contributed by atoms with E-state index >= 15 is 0 Å². The minimum Gasteiger partial charge on any atom is -0.495 e. The molecule has 1 heterocycles. The van der Waals surface area contributed by atoms with Crippen molar-refractivity contribution < 1.29 is 14.3 Å². The minimum atomic E-state index is -0.0151. The summed E-state index contributed by atoms with van der Waals surface area (Å²) in [7, 11) is 1.59. The molecule has 1 aliphatic heterocycles. The number of hydrogen-bond donors (Lipinski definition) is 1. The fourth-order valence-corrected chi connectivity index (χ4v) is 3.26. The van der Waals surface area contributed by atoms with Crippen molar-refractivity contribution in [2.24, 2.45) is 0 Å². The fraction of sp³-hybridized carbons (Fsp3) is 0.600. The van der Waals surface area contributed by atoms with E-state index in [1.54, 1.807) is 7.11 Å². The van der Waals surface area contributed by atoms with Crippen molar-refractivity contribution in [1.29, 1.82) is 0 Å². The molecule has 0 aromatic heterocycles. The quantitative estimate of drug-likeness (QED) is 0.708. The number of carbonyl (C=O) groups is 2. The second-order valence-electron chi connectivity index (χ2n) is 6.68. The van der Waals surface area contributed by atoms with Gasteiger partial charge in [-0.15, -0.1) is 0 Å². The molecule has 1 N–H and O–H groups in total. The lowest BCUT2D eigenvalue weighted by atomic mass is 10.2. The number of nitrogens with zero attached hydrogens (tertiary/aromatic N) is 3. The number of carbonyl (C=O) groups excluding carboxylic acids is 2. The molecule has 27 heavy (non-hydrogen) atoms. The zero-order valence-electron chi connectivity index (χ0n) is 16.7. The zero-order valence-corrected chi connectivity index (χ0v) is 16.7. The zero-order chi connectivity index (χ0) is 19.6. The predicted octanol–water partition coefficient (Wildman–Crippen LogP) is 1.51. The van der Waals surface area contributed by atoms with Crippen molar-refractivity contribution >= 4 is 17.5 Å². The highest BCUT2D eigenvalue weighted by Gasteiger charge is 2.21. The van der Waals surface area contributed by atoms with Gasteiger partial charge in [0.15, 0.2) is 0 Å². The smallest absolute Gasteiger partial charge is 0.236 e. The highest BCUT2D eigenvalue weighted by molar-refractivity contribution is 5.92. The van der Waals surface area contributed by atoms with Gasteiger partial charge in [0.1, 0.15) is 5.75 Å². The maximum absolute atomic E-state index is 12.2. The number of likely N-dealkylation sites (N-methyl/N-ethyl adjacent to an activating group) is 1. The van der Waals surface area contributed by atoms with E-state index in [0.717, 1.165) is 45.8 Å². The van der Waals surface area contributed by atoms with E-state index in [0.29, 0.717) is 24.4 Å². The highest BCUT2D eigenvalue weighted by atomic mass is 16.5. The Morgan fingerprint density at radius 2 is 1.70 bits per heavy atom. The second-order valence-corrected chi connectivity index (χ2v) is 6.68. The Morgan fingerprint density at radius 1 is 1.07 bits per heavy atom. The fourth-order valence-electron chi connectivity index (χ4n) is 3.26. The first-order valence-corrected chi connectivity index (χ1v) is 9.72. The molecule has 1 fully saturated rings. The van der Waals surface area contributed by atoms with Crippen LogP contribution in [-0.2, 0) is 9.59 Å². The number of amides is 2. The molecule has 2 amide bonds. The molecule has 1 aromatic rings. The summed E-state index contributed by atoms with van der Waals surface area (Å²) in [4.78, 5) is 30.8. The molecule has 7 nitrogen and oxygen atoms in total. The van der Waals surface area contributed by atoms with Gasteiger partial charge in [-0.25, -0.2) is 0 Å². The van der Waals surface area contributed by atoms with Crippen molar-refractivity contribution in [2.45, 2.75) is 20.3 Å². The van der Waals surface area contributed by atoms with Crippen molar-refractivity contribution in [2.75, 3.05) is 64.8 Å². The third-order valence-corrected chi connectivity index (χ3v) is 4.98. The monoisotopic (exact) mass is 376 g/mol. The Labute approximate surface area is 162 Å². The van der Waals surface area contributed by atoms with Gasteiger partial charge >= 0.3 is 0 Å². The summed E-state index contributed by atoms with van der Waals surface area (Å²) < 4.78 is 5.26. The van der Waals surface area contributed by atoms with Gasteiger partial charge in [0, 0.05) is 52.2 Å². The Morgan fingerprint density at radius 3 is 2.33 bits per heavy atom. The Hall–Kier alpha value is -2.12. The first-order chi connectivity index (χ1) is 13.1. The van der Waals surface area contributed by atoms with Crippen LogP contribution in [-0.4, -0.2) is 86.0 Å². The van der Waals surface area contributed by atoms with Crippen LogP contribution in [0.3, 0.4) is 0 Å². The van der Waals surface area contributed by atoms with Crippen LogP contribution in [0.15, 0.2) is 24.3 Å². The standard InChI is InChI=1S/C20H32N4O3/c1-4-24(5-2)20(26)16-23-14-12-22(13-15-23)11-10-19(25)21-17-8-6-7-9-18(17)27-3/h6-9H,4-5,10-16H2,1-3H3,(H,21,25). The average Bonchev–Trinajstić information content (AvgIpc) is 2.69. The minimum absolute atomic E-state index is 0.0151. The van der Waals surface area contributed by atoms with Crippen LogP contribution in [0.5, 0.6) is 5.75 Å². The number of anilines is 1. The van der Waals surface area contributed by atoms with Gasteiger partial charge in [-0.05, 0) is 26.0 Å². The molecule has 2 rings (SSSR count). The number of nitrogens with one attached hydrogen (secondary N) is 1. The molecular weight excluding hydrogens is 344 g/mol. The molecule has 1 saturated heterocycles. The maximum atomic E-state index is 12.2. The molecule has 7 heteroatoms. The number of rotatable bonds is 9. The summed E-state index contributed by atoms with van der Waals surface area (Å²) in [5.74, 6) is 0.848. The topological polar surface area (TPSA) is 65.1 Å². The van der Waals surface area contributed by atoms with E-state index < -0.39 is 0 Å².